The summed E-state index contributed by atoms with van der Waals surface area (Å²) >= 11 is 6.14. The summed E-state index contributed by atoms with van der Waals surface area (Å²) in [5, 5.41) is 4.41. The van der Waals surface area contributed by atoms with Gasteiger partial charge in [-0.3, -0.25) is 9.59 Å². The van der Waals surface area contributed by atoms with E-state index in [1.54, 1.807) is 23.1 Å². The van der Waals surface area contributed by atoms with Gasteiger partial charge in [-0.25, -0.2) is 0 Å². The summed E-state index contributed by atoms with van der Waals surface area (Å²) in [6.07, 6.45) is 2.81. The third-order valence-corrected chi connectivity index (χ3v) is 4.52. The normalized spacial score (nSPS) is 17.7. The lowest BCUT2D eigenvalue weighted by Crippen LogP contribution is -2.45. The van der Waals surface area contributed by atoms with Gasteiger partial charge in [0.15, 0.2) is 11.5 Å². The molecule has 2 heterocycles. The van der Waals surface area contributed by atoms with Crippen molar-refractivity contribution in [3.63, 3.8) is 0 Å². The van der Waals surface area contributed by atoms with Gasteiger partial charge in [0, 0.05) is 30.6 Å². The topological polar surface area (TPSA) is 89.4 Å². The minimum atomic E-state index is -0.406. The molecule has 126 valence electrons. The SMILES string of the molecule is NC(=O)C[C@H]1CCCCN1C(=O)c1cc(-c2ccccc2Cl)on1. The van der Waals surface area contributed by atoms with Gasteiger partial charge in [0.1, 0.15) is 0 Å². The number of amides is 2. The first-order valence-corrected chi connectivity index (χ1v) is 8.25. The first kappa shape index (κ1) is 16.5. The van der Waals surface area contributed by atoms with E-state index < -0.39 is 5.91 Å². The van der Waals surface area contributed by atoms with Crippen LogP contribution < -0.4 is 5.73 Å². The molecule has 6 nitrogen and oxygen atoms in total. The minimum absolute atomic E-state index is 0.168. The van der Waals surface area contributed by atoms with Gasteiger partial charge in [-0.15, -0.1) is 0 Å². The van der Waals surface area contributed by atoms with Crippen molar-refractivity contribution in [1.82, 2.24) is 10.1 Å². The van der Waals surface area contributed by atoms with E-state index in [1.165, 1.54) is 0 Å². The maximum absolute atomic E-state index is 12.7. The molecule has 1 atom stereocenters. The highest BCUT2D eigenvalue weighted by Crippen LogP contribution is 2.29. The van der Waals surface area contributed by atoms with Crippen LogP contribution in [0.15, 0.2) is 34.9 Å². The fraction of sp³-hybridized carbons (Fsp3) is 0.353. The summed E-state index contributed by atoms with van der Waals surface area (Å²) in [6, 6.07) is 8.60. The van der Waals surface area contributed by atoms with Gasteiger partial charge < -0.3 is 15.2 Å². The number of aromatic nitrogens is 1. The maximum Gasteiger partial charge on any atom is 0.276 e. The van der Waals surface area contributed by atoms with Gasteiger partial charge in [-0.2, -0.15) is 0 Å². The molecule has 7 heteroatoms. The fourth-order valence-corrected chi connectivity index (χ4v) is 3.25. The number of primary amides is 1. The first-order valence-electron chi connectivity index (χ1n) is 7.87. The molecular formula is C17H18ClN3O3. The Labute approximate surface area is 144 Å². The van der Waals surface area contributed by atoms with Crippen molar-refractivity contribution in [1.29, 1.82) is 0 Å². The number of halogens is 1. The van der Waals surface area contributed by atoms with Crippen LogP contribution in [0.2, 0.25) is 5.02 Å². The lowest BCUT2D eigenvalue weighted by atomic mass is 9.98. The number of nitrogens with zero attached hydrogens (tertiary/aromatic N) is 2. The second-order valence-corrected chi connectivity index (χ2v) is 6.28. The summed E-state index contributed by atoms with van der Waals surface area (Å²) in [5.41, 5.74) is 6.18. The average molecular weight is 348 g/mol. The van der Waals surface area contributed by atoms with Crippen LogP contribution in [0.3, 0.4) is 0 Å². The minimum Gasteiger partial charge on any atom is -0.370 e. The van der Waals surface area contributed by atoms with E-state index in [2.05, 4.69) is 5.16 Å². The first-order chi connectivity index (χ1) is 11.6. The monoisotopic (exact) mass is 347 g/mol. The zero-order valence-corrected chi connectivity index (χ0v) is 13.8. The molecule has 2 amide bonds. The Balaban J connectivity index is 1.82. The second-order valence-electron chi connectivity index (χ2n) is 5.87. The molecule has 3 rings (SSSR count). The third-order valence-electron chi connectivity index (χ3n) is 4.19. The molecule has 0 radical (unpaired) electrons. The van der Waals surface area contributed by atoms with E-state index in [-0.39, 0.29) is 24.1 Å². The van der Waals surface area contributed by atoms with Crippen molar-refractivity contribution in [3.8, 4) is 11.3 Å². The van der Waals surface area contributed by atoms with Crippen molar-refractivity contribution in [2.24, 2.45) is 5.73 Å². The molecule has 0 saturated carbocycles. The molecule has 24 heavy (non-hydrogen) atoms. The summed E-state index contributed by atoms with van der Waals surface area (Å²) < 4.78 is 5.29. The van der Waals surface area contributed by atoms with E-state index in [0.717, 1.165) is 19.3 Å². The van der Waals surface area contributed by atoms with Crippen molar-refractivity contribution >= 4 is 23.4 Å². The molecule has 2 N–H and O–H groups in total. The number of nitrogens with two attached hydrogens (primary N) is 1. The number of carbonyl (C=O) groups is 2. The summed E-state index contributed by atoms with van der Waals surface area (Å²) in [7, 11) is 0. The Morgan fingerprint density at radius 3 is 2.88 bits per heavy atom. The van der Waals surface area contributed by atoms with Crippen molar-refractivity contribution in [2.45, 2.75) is 31.7 Å². The number of piperidine rings is 1. The number of likely N-dealkylation sites (tertiary alicyclic amines) is 1. The summed E-state index contributed by atoms with van der Waals surface area (Å²) in [4.78, 5) is 25.6. The molecular weight excluding hydrogens is 330 g/mol. The predicted molar refractivity (Wildman–Crippen MR) is 89.4 cm³/mol. The van der Waals surface area contributed by atoms with Gasteiger partial charge in [0.2, 0.25) is 5.91 Å². The fourth-order valence-electron chi connectivity index (χ4n) is 3.02. The molecule has 2 aromatic rings. The second kappa shape index (κ2) is 7.05. The lowest BCUT2D eigenvalue weighted by Gasteiger charge is -2.34. The van der Waals surface area contributed by atoms with Crippen LogP contribution in [0.1, 0.15) is 36.2 Å². The van der Waals surface area contributed by atoms with E-state index in [0.29, 0.717) is 22.9 Å². The Kier molecular flexibility index (Phi) is 4.85. The molecule has 0 bridgehead atoms. The van der Waals surface area contributed by atoms with Crippen molar-refractivity contribution in [3.05, 3.63) is 41.0 Å². The number of benzene rings is 1. The maximum atomic E-state index is 12.7. The number of hydrogen-bond acceptors (Lipinski definition) is 4. The van der Waals surface area contributed by atoms with Crippen LogP contribution in [0.5, 0.6) is 0 Å². The predicted octanol–water partition coefficient (Wildman–Crippen LogP) is 2.87. The van der Waals surface area contributed by atoms with E-state index in [4.69, 9.17) is 21.9 Å². The highest BCUT2D eigenvalue weighted by atomic mass is 35.5. The molecule has 1 aliphatic heterocycles. The Hall–Kier alpha value is -2.34. The van der Waals surface area contributed by atoms with Crippen LogP contribution in [0.25, 0.3) is 11.3 Å². The Bertz CT molecular complexity index is 759. The molecule has 1 fully saturated rings. The molecule has 1 aliphatic rings. The van der Waals surface area contributed by atoms with Gasteiger partial charge >= 0.3 is 0 Å². The molecule has 0 aliphatic carbocycles. The van der Waals surface area contributed by atoms with Crippen LogP contribution in [-0.4, -0.2) is 34.5 Å². The zero-order valence-electron chi connectivity index (χ0n) is 13.1. The molecule has 1 saturated heterocycles. The smallest absolute Gasteiger partial charge is 0.276 e. The average Bonchev–Trinajstić information content (AvgIpc) is 3.04. The van der Waals surface area contributed by atoms with Gasteiger partial charge in [0.25, 0.3) is 5.91 Å². The molecule has 0 spiro atoms. The molecule has 1 aromatic carbocycles. The highest BCUT2D eigenvalue weighted by Gasteiger charge is 2.30. The van der Waals surface area contributed by atoms with Crippen molar-refractivity contribution < 1.29 is 14.1 Å². The van der Waals surface area contributed by atoms with Crippen LogP contribution in [0.4, 0.5) is 0 Å². The highest BCUT2D eigenvalue weighted by molar-refractivity contribution is 6.33. The number of rotatable bonds is 4. The van der Waals surface area contributed by atoms with Gasteiger partial charge in [0.05, 0.1) is 5.02 Å². The van der Waals surface area contributed by atoms with Gasteiger partial charge in [-0.1, -0.05) is 28.9 Å². The van der Waals surface area contributed by atoms with E-state index >= 15 is 0 Å². The summed E-state index contributed by atoms with van der Waals surface area (Å²) in [6.45, 7) is 0.588. The Morgan fingerprint density at radius 2 is 2.12 bits per heavy atom. The molecule has 1 aromatic heterocycles. The van der Waals surface area contributed by atoms with E-state index in [1.807, 2.05) is 12.1 Å². The lowest BCUT2D eigenvalue weighted by molar-refractivity contribution is -0.119. The quantitative estimate of drug-likeness (QED) is 0.920. The largest absolute Gasteiger partial charge is 0.370 e. The third kappa shape index (κ3) is 3.43. The van der Waals surface area contributed by atoms with Crippen LogP contribution in [0, 0.1) is 0 Å². The number of carbonyl (C=O) groups excluding carboxylic acids is 2. The van der Waals surface area contributed by atoms with Crippen LogP contribution in [-0.2, 0) is 4.79 Å². The van der Waals surface area contributed by atoms with Crippen molar-refractivity contribution in [2.75, 3.05) is 6.54 Å². The molecule has 0 unspecified atom stereocenters. The summed E-state index contributed by atoms with van der Waals surface area (Å²) in [5.74, 6) is -0.216. The van der Waals surface area contributed by atoms with E-state index in [9.17, 15) is 9.59 Å². The Morgan fingerprint density at radius 1 is 1.33 bits per heavy atom. The van der Waals surface area contributed by atoms with Gasteiger partial charge in [-0.05, 0) is 31.4 Å². The standard InChI is InChI=1S/C17H18ClN3O3/c18-13-7-2-1-6-12(13)15-10-14(20-24-15)17(23)21-8-4-3-5-11(21)9-16(19)22/h1-2,6-7,10-11H,3-5,8-9H2,(H2,19,22)/t11-/m1/s1. The number of hydrogen-bond donors (Lipinski definition) is 1. The van der Waals surface area contributed by atoms with Crippen LogP contribution >= 0.6 is 11.6 Å². The zero-order chi connectivity index (χ0) is 17.1.